The van der Waals surface area contributed by atoms with Crippen LogP contribution < -0.4 is 0 Å². The van der Waals surface area contributed by atoms with E-state index in [1.165, 1.54) is 0 Å². The van der Waals surface area contributed by atoms with E-state index in [0.29, 0.717) is 17.5 Å². The Morgan fingerprint density at radius 2 is 1.73 bits per heavy atom. The molecule has 2 aliphatic rings. The Balaban J connectivity index is 1.56. The summed E-state index contributed by atoms with van der Waals surface area (Å²) in [5.74, 6) is -0.901. The molecular formula is C23H25NO6. The largest absolute Gasteiger partial charge is 0.507 e. The van der Waals surface area contributed by atoms with Crippen molar-refractivity contribution >= 4 is 11.6 Å². The fraction of sp³-hybridized carbons (Fsp3) is 0.391. The van der Waals surface area contributed by atoms with E-state index in [1.54, 1.807) is 43.3 Å². The summed E-state index contributed by atoms with van der Waals surface area (Å²) in [4.78, 5) is 27.6. The summed E-state index contributed by atoms with van der Waals surface area (Å²) >= 11 is 0. The predicted molar refractivity (Wildman–Crippen MR) is 109 cm³/mol. The second kappa shape index (κ2) is 7.92. The number of aromatic hydroxyl groups is 1. The summed E-state index contributed by atoms with van der Waals surface area (Å²) in [7, 11) is 3.78. The Hall–Kier alpha value is -2.58. The highest BCUT2D eigenvalue weighted by Crippen LogP contribution is 2.35. The van der Waals surface area contributed by atoms with Gasteiger partial charge in [0.2, 0.25) is 0 Å². The van der Waals surface area contributed by atoms with Crippen LogP contribution in [0.15, 0.2) is 36.4 Å². The molecule has 2 aromatic carbocycles. The Morgan fingerprint density at radius 1 is 1.07 bits per heavy atom. The lowest BCUT2D eigenvalue weighted by Crippen LogP contribution is -2.53. The number of ether oxygens (including phenoxy) is 2. The lowest BCUT2D eigenvalue weighted by atomic mass is 9.83. The van der Waals surface area contributed by atoms with Crippen LogP contribution in [-0.2, 0) is 16.1 Å². The SMILES string of the molecule is C[C@H]1O[C@@H](OCc2ccc3c(c2O)C(=O)c2ccccc2C3=O)C[C@@H](N(C)C)[C@@H]1O. The van der Waals surface area contributed by atoms with Gasteiger partial charge in [0.15, 0.2) is 17.9 Å². The zero-order valence-corrected chi connectivity index (χ0v) is 17.2. The molecule has 1 fully saturated rings. The van der Waals surface area contributed by atoms with Gasteiger partial charge in [0.05, 0.1) is 24.4 Å². The van der Waals surface area contributed by atoms with Crippen molar-refractivity contribution in [2.24, 2.45) is 0 Å². The van der Waals surface area contributed by atoms with E-state index in [1.807, 2.05) is 19.0 Å². The zero-order valence-electron chi connectivity index (χ0n) is 17.2. The van der Waals surface area contributed by atoms with Crippen LogP contribution >= 0.6 is 0 Å². The van der Waals surface area contributed by atoms with Crippen LogP contribution in [-0.4, -0.2) is 65.3 Å². The number of aliphatic hydroxyl groups excluding tert-OH is 1. The Kier molecular flexibility index (Phi) is 5.46. The normalized spacial score (nSPS) is 25.9. The van der Waals surface area contributed by atoms with Crippen LogP contribution in [0.4, 0.5) is 0 Å². The molecule has 1 saturated heterocycles. The number of hydrogen-bond donors (Lipinski definition) is 2. The Bertz CT molecular complexity index is 1000. The minimum absolute atomic E-state index is 0.00978. The molecule has 158 valence electrons. The van der Waals surface area contributed by atoms with Crippen LogP contribution in [0.1, 0.15) is 50.8 Å². The van der Waals surface area contributed by atoms with Crippen molar-refractivity contribution in [2.75, 3.05) is 14.1 Å². The number of carbonyl (C=O) groups excluding carboxylic acids is 2. The van der Waals surface area contributed by atoms with E-state index in [-0.39, 0.29) is 46.7 Å². The highest BCUT2D eigenvalue weighted by molar-refractivity contribution is 6.29. The van der Waals surface area contributed by atoms with Gasteiger partial charge in [-0.2, -0.15) is 0 Å². The fourth-order valence-corrected chi connectivity index (χ4v) is 4.16. The van der Waals surface area contributed by atoms with Gasteiger partial charge < -0.3 is 24.6 Å². The molecule has 30 heavy (non-hydrogen) atoms. The molecule has 0 radical (unpaired) electrons. The molecule has 0 aromatic heterocycles. The molecule has 7 nitrogen and oxygen atoms in total. The first kappa shape index (κ1) is 20.7. The molecule has 4 atom stereocenters. The minimum Gasteiger partial charge on any atom is -0.507 e. The second-order valence-electron chi connectivity index (χ2n) is 8.04. The average molecular weight is 411 g/mol. The van der Waals surface area contributed by atoms with Crippen LogP contribution in [0.5, 0.6) is 5.75 Å². The van der Waals surface area contributed by atoms with Gasteiger partial charge in [0.25, 0.3) is 0 Å². The number of aliphatic hydroxyl groups is 1. The van der Waals surface area contributed by atoms with Gasteiger partial charge in [-0.15, -0.1) is 0 Å². The standard InChI is InChI=1S/C23H25NO6/c1-12-20(25)17(24(2)3)10-18(30-12)29-11-13-8-9-16-19(21(13)26)23(28)15-7-5-4-6-14(15)22(16)27/h4-9,12,17-18,20,25-26H,10-11H2,1-3H3/t12-,17-,18-,20-/m1/s1. The number of likely N-dealkylation sites (N-methyl/N-ethyl adjacent to an activating group) is 1. The summed E-state index contributed by atoms with van der Waals surface area (Å²) in [5, 5.41) is 21.1. The molecule has 4 rings (SSSR count). The third-order valence-corrected chi connectivity index (χ3v) is 5.91. The highest BCUT2D eigenvalue weighted by Gasteiger charge is 2.37. The summed E-state index contributed by atoms with van der Waals surface area (Å²) in [5.41, 5.74) is 1.24. The van der Waals surface area contributed by atoms with Crippen LogP contribution in [0.2, 0.25) is 0 Å². The highest BCUT2D eigenvalue weighted by atomic mass is 16.7. The van der Waals surface area contributed by atoms with Gasteiger partial charge in [-0.3, -0.25) is 9.59 Å². The first-order chi connectivity index (χ1) is 14.3. The number of rotatable bonds is 4. The Labute approximate surface area is 174 Å². The molecule has 0 unspecified atom stereocenters. The maximum Gasteiger partial charge on any atom is 0.198 e. The fourth-order valence-electron chi connectivity index (χ4n) is 4.16. The third-order valence-electron chi connectivity index (χ3n) is 5.91. The molecule has 1 aliphatic heterocycles. The van der Waals surface area contributed by atoms with Crippen molar-refractivity contribution < 1.29 is 29.3 Å². The van der Waals surface area contributed by atoms with E-state index < -0.39 is 18.5 Å². The first-order valence-corrected chi connectivity index (χ1v) is 9.94. The van der Waals surface area contributed by atoms with Gasteiger partial charge in [-0.1, -0.05) is 30.3 Å². The molecule has 1 heterocycles. The van der Waals surface area contributed by atoms with Gasteiger partial charge >= 0.3 is 0 Å². The van der Waals surface area contributed by atoms with Gasteiger partial charge in [-0.05, 0) is 27.1 Å². The quantitative estimate of drug-likeness (QED) is 0.679. The number of phenols is 1. The van der Waals surface area contributed by atoms with Gasteiger partial charge in [-0.25, -0.2) is 0 Å². The summed E-state index contributed by atoms with van der Waals surface area (Å²) in [6.07, 6.45) is -1.12. The molecular weight excluding hydrogens is 386 g/mol. The molecule has 0 bridgehead atoms. The van der Waals surface area contributed by atoms with Crippen molar-refractivity contribution in [1.29, 1.82) is 0 Å². The lowest BCUT2D eigenvalue weighted by molar-refractivity contribution is -0.238. The van der Waals surface area contributed by atoms with Crippen LogP contribution in [0, 0.1) is 0 Å². The van der Waals surface area contributed by atoms with Crippen molar-refractivity contribution in [3.63, 3.8) is 0 Å². The average Bonchev–Trinajstić information content (AvgIpc) is 2.73. The number of benzene rings is 2. The summed E-state index contributed by atoms with van der Waals surface area (Å²) < 4.78 is 11.6. The lowest BCUT2D eigenvalue weighted by Gasteiger charge is -2.40. The maximum atomic E-state index is 12.9. The van der Waals surface area contributed by atoms with Gasteiger partial charge in [0.1, 0.15) is 5.75 Å². The van der Waals surface area contributed by atoms with Crippen molar-refractivity contribution in [3.8, 4) is 5.75 Å². The van der Waals surface area contributed by atoms with E-state index in [9.17, 15) is 19.8 Å². The van der Waals surface area contributed by atoms with E-state index in [4.69, 9.17) is 9.47 Å². The smallest absolute Gasteiger partial charge is 0.198 e. The van der Waals surface area contributed by atoms with Crippen molar-refractivity contribution in [3.05, 3.63) is 64.2 Å². The topological polar surface area (TPSA) is 96.3 Å². The van der Waals surface area contributed by atoms with Crippen LogP contribution in [0.25, 0.3) is 0 Å². The summed E-state index contributed by atoms with van der Waals surface area (Å²) in [6, 6.07) is 9.63. The minimum atomic E-state index is -0.624. The number of carbonyl (C=O) groups is 2. The van der Waals surface area contributed by atoms with Crippen molar-refractivity contribution in [1.82, 2.24) is 4.90 Å². The van der Waals surface area contributed by atoms with Crippen LogP contribution in [0.3, 0.4) is 0 Å². The predicted octanol–water partition coefficient (Wildman–Crippen LogP) is 2.11. The Morgan fingerprint density at radius 3 is 2.40 bits per heavy atom. The maximum absolute atomic E-state index is 12.9. The van der Waals surface area contributed by atoms with E-state index in [2.05, 4.69) is 0 Å². The third kappa shape index (κ3) is 3.44. The number of nitrogens with zero attached hydrogens (tertiary/aromatic N) is 1. The molecule has 2 N–H and O–H groups in total. The number of hydrogen-bond acceptors (Lipinski definition) is 7. The van der Waals surface area contributed by atoms with Crippen molar-refractivity contribution in [2.45, 2.75) is 44.5 Å². The molecule has 1 aliphatic carbocycles. The molecule has 0 amide bonds. The van der Waals surface area contributed by atoms with E-state index in [0.717, 1.165) is 0 Å². The second-order valence-corrected chi connectivity index (χ2v) is 8.04. The number of phenolic OH excluding ortho intramolecular Hbond substituents is 1. The molecule has 2 aromatic rings. The van der Waals surface area contributed by atoms with Gasteiger partial charge in [0, 0.05) is 34.7 Å². The molecule has 7 heteroatoms. The summed E-state index contributed by atoms with van der Waals surface area (Å²) in [6.45, 7) is 1.80. The number of fused-ring (bicyclic) bond motifs is 2. The first-order valence-electron chi connectivity index (χ1n) is 9.94. The zero-order chi connectivity index (χ0) is 21.6. The monoisotopic (exact) mass is 411 g/mol. The number of ketones is 2. The molecule has 0 saturated carbocycles. The molecule has 0 spiro atoms. The van der Waals surface area contributed by atoms with E-state index >= 15 is 0 Å².